The summed E-state index contributed by atoms with van der Waals surface area (Å²) in [5.74, 6) is 1.37. The van der Waals surface area contributed by atoms with Crippen molar-refractivity contribution < 1.29 is 14.3 Å². The Morgan fingerprint density at radius 3 is 2.92 bits per heavy atom. The van der Waals surface area contributed by atoms with Gasteiger partial charge in [-0.25, -0.2) is 0 Å². The average Bonchev–Trinajstić information content (AvgIpc) is 3.27. The Kier molecular flexibility index (Phi) is 3.67. The van der Waals surface area contributed by atoms with Crippen LogP contribution in [0.1, 0.15) is 22.5 Å². The lowest BCUT2D eigenvalue weighted by atomic mass is 9.90. The van der Waals surface area contributed by atoms with Crippen molar-refractivity contribution in [1.82, 2.24) is 15.5 Å². The molecule has 0 aliphatic carbocycles. The van der Waals surface area contributed by atoms with Gasteiger partial charge >= 0.3 is 0 Å². The summed E-state index contributed by atoms with van der Waals surface area (Å²) in [4.78, 5) is 16.9. The number of ether oxygens (including phenoxy) is 2. The zero-order valence-corrected chi connectivity index (χ0v) is 14.6. The highest BCUT2D eigenvalue weighted by molar-refractivity contribution is 7.18. The van der Waals surface area contributed by atoms with Crippen LogP contribution in [0.25, 0.3) is 10.4 Å². The van der Waals surface area contributed by atoms with Gasteiger partial charge in [-0.2, -0.15) is 5.10 Å². The molecule has 0 spiro atoms. The molecule has 1 fully saturated rings. The Hall–Kier alpha value is -2.06. The number of thiophene rings is 1. The molecule has 132 valence electrons. The summed E-state index contributed by atoms with van der Waals surface area (Å²) in [7, 11) is 0. The zero-order valence-electron chi connectivity index (χ0n) is 13.8. The normalized spacial score (nSPS) is 23.6. The number of hydrogen-bond acceptors (Lipinski definition) is 6. The fourth-order valence-electron chi connectivity index (χ4n) is 4.12. The van der Waals surface area contributed by atoms with Crippen LogP contribution in [0.3, 0.4) is 0 Å². The minimum Gasteiger partial charge on any atom is -0.488 e. The number of nitrogens with one attached hydrogen (secondary N) is 2. The molecule has 0 saturated carbocycles. The Balaban J connectivity index is 1.61. The van der Waals surface area contributed by atoms with Gasteiger partial charge in [0.2, 0.25) is 0 Å². The fourth-order valence-corrected chi connectivity index (χ4v) is 5.27. The molecule has 2 N–H and O–H groups in total. The van der Waals surface area contributed by atoms with Gasteiger partial charge in [0.15, 0.2) is 5.75 Å². The van der Waals surface area contributed by atoms with E-state index in [9.17, 15) is 4.79 Å². The Bertz CT molecular complexity index is 782. The Morgan fingerprint density at radius 1 is 1.24 bits per heavy atom. The summed E-state index contributed by atoms with van der Waals surface area (Å²) in [6.45, 7) is 3.76. The van der Waals surface area contributed by atoms with Gasteiger partial charge < -0.3 is 19.7 Å². The third-order valence-corrected chi connectivity index (χ3v) is 6.56. The molecule has 3 aliphatic heterocycles. The third kappa shape index (κ3) is 2.43. The summed E-state index contributed by atoms with van der Waals surface area (Å²) in [6, 6.07) is 0.295. The molecular formula is C17H20N4O3S. The summed E-state index contributed by atoms with van der Waals surface area (Å²) in [5, 5.41) is 10.0. The molecule has 0 bridgehead atoms. The van der Waals surface area contributed by atoms with Crippen LogP contribution in [-0.4, -0.2) is 55.1 Å². The van der Waals surface area contributed by atoms with Gasteiger partial charge in [0.25, 0.3) is 5.91 Å². The number of aromatic amines is 1. The summed E-state index contributed by atoms with van der Waals surface area (Å²) >= 11 is 1.49. The second kappa shape index (κ2) is 6.03. The Morgan fingerprint density at radius 2 is 2.12 bits per heavy atom. The number of nitrogens with zero attached hydrogens (tertiary/aromatic N) is 2. The number of carbonyl (C=O) groups is 1. The van der Waals surface area contributed by atoms with Crippen LogP contribution in [0, 0.1) is 5.92 Å². The van der Waals surface area contributed by atoms with Gasteiger partial charge in [-0.1, -0.05) is 0 Å². The van der Waals surface area contributed by atoms with Crippen molar-refractivity contribution in [1.29, 1.82) is 0 Å². The van der Waals surface area contributed by atoms with E-state index in [1.54, 1.807) is 6.20 Å². The number of rotatable bonds is 2. The van der Waals surface area contributed by atoms with Crippen molar-refractivity contribution in [2.75, 3.05) is 37.8 Å². The molecule has 0 radical (unpaired) electrons. The van der Waals surface area contributed by atoms with Crippen molar-refractivity contribution in [2.24, 2.45) is 5.92 Å². The minimum absolute atomic E-state index is 0.000976. The SMILES string of the molecule is O=C1NCC(C2CCOCC2)N2CCOc3c(-c4cn[nH]c4)sc1c32. The van der Waals surface area contributed by atoms with Gasteiger partial charge in [0.05, 0.1) is 17.6 Å². The quantitative estimate of drug-likeness (QED) is 0.855. The molecular weight excluding hydrogens is 340 g/mol. The van der Waals surface area contributed by atoms with Crippen LogP contribution in [0.2, 0.25) is 0 Å². The van der Waals surface area contributed by atoms with Crippen LogP contribution < -0.4 is 15.0 Å². The van der Waals surface area contributed by atoms with Crippen LogP contribution in [0.4, 0.5) is 5.69 Å². The molecule has 8 heteroatoms. The van der Waals surface area contributed by atoms with Crippen molar-refractivity contribution in [3.8, 4) is 16.2 Å². The fraction of sp³-hybridized carbons (Fsp3) is 0.529. The van der Waals surface area contributed by atoms with E-state index in [4.69, 9.17) is 9.47 Å². The van der Waals surface area contributed by atoms with Crippen LogP contribution in [-0.2, 0) is 4.74 Å². The maximum Gasteiger partial charge on any atom is 0.263 e. The first-order valence-electron chi connectivity index (χ1n) is 8.74. The van der Waals surface area contributed by atoms with Crippen LogP contribution >= 0.6 is 11.3 Å². The molecule has 7 nitrogen and oxygen atoms in total. The van der Waals surface area contributed by atoms with Gasteiger partial charge in [-0.05, 0) is 18.8 Å². The van der Waals surface area contributed by atoms with Crippen molar-refractivity contribution >= 4 is 22.9 Å². The van der Waals surface area contributed by atoms with Crippen LogP contribution in [0.5, 0.6) is 5.75 Å². The number of carbonyl (C=O) groups excluding carboxylic acids is 1. The van der Waals surface area contributed by atoms with E-state index >= 15 is 0 Å². The summed E-state index contributed by atoms with van der Waals surface area (Å²) in [6.07, 6.45) is 5.71. The van der Waals surface area contributed by atoms with Gasteiger partial charge in [-0.15, -0.1) is 11.3 Å². The molecule has 1 saturated heterocycles. The number of anilines is 1. The highest BCUT2D eigenvalue weighted by Gasteiger charge is 2.40. The molecule has 1 atom stereocenters. The number of aromatic nitrogens is 2. The molecule has 2 aromatic rings. The maximum absolute atomic E-state index is 12.7. The lowest BCUT2D eigenvalue weighted by molar-refractivity contribution is 0.0566. The monoisotopic (exact) mass is 360 g/mol. The first-order valence-corrected chi connectivity index (χ1v) is 9.56. The van der Waals surface area contributed by atoms with E-state index < -0.39 is 0 Å². The molecule has 2 aromatic heterocycles. The largest absolute Gasteiger partial charge is 0.488 e. The van der Waals surface area contributed by atoms with Gasteiger partial charge in [-0.3, -0.25) is 9.89 Å². The van der Waals surface area contributed by atoms with E-state index in [-0.39, 0.29) is 5.91 Å². The highest BCUT2D eigenvalue weighted by atomic mass is 32.1. The predicted molar refractivity (Wildman–Crippen MR) is 94.4 cm³/mol. The third-order valence-electron chi connectivity index (χ3n) is 5.36. The zero-order chi connectivity index (χ0) is 16.8. The molecule has 0 aromatic carbocycles. The first kappa shape index (κ1) is 15.2. The molecule has 3 aliphatic rings. The van der Waals surface area contributed by atoms with Gasteiger partial charge in [0, 0.05) is 37.6 Å². The lowest BCUT2D eigenvalue weighted by Gasteiger charge is -2.41. The number of H-pyrrole nitrogens is 1. The number of amides is 1. The molecule has 1 unspecified atom stereocenters. The van der Waals surface area contributed by atoms with E-state index in [1.165, 1.54) is 11.3 Å². The number of hydrogen-bond donors (Lipinski definition) is 2. The second-order valence-corrected chi connectivity index (χ2v) is 7.71. The minimum atomic E-state index is 0.000976. The van der Waals surface area contributed by atoms with E-state index in [0.29, 0.717) is 25.1 Å². The standard InChI is InChI=1S/C17H20N4O3S/c22-17-16-13-14(15(25-16)11-7-19-20-8-11)24-6-3-21(13)12(9-18-17)10-1-4-23-5-2-10/h7-8,10,12H,1-6,9H2,(H,18,22)(H,19,20). The molecule has 25 heavy (non-hydrogen) atoms. The maximum atomic E-state index is 12.7. The summed E-state index contributed by atoms with van der Waals surface area (Å²) in [5.41, 5.74) is 1.93. The summed E-state index contributed by atoms with van der Waals surface area (Å²) < 4.78 is 11.6. The Labute approximate surface area is 149 Å². The molecule has 1 amide bonds. The predicted octanol–water partition coefficient (Wildman–Crippen LogP) is 1.88. The lowest BCUT2D eigenvalue weighted by Crippen LogP contribution is -2.50. The topological polar surface area (TPSA) is 79.5 Å². The van der Waals surface area contributed by atoms with Crippen molar-refractivity contribution in [3.05, 3.63) is 17.3 Å². The average molecular weight is 360 g/mol. The second-order valence-electron chi connectivity index (χ2n) is 6.69. The van der Waals surface area contributed by atoms with Crippen LogP contribution in [0.15, 0.2) is 12.4 Å². The smallest absolute Gasteiger partial charge is 0.263 e. The molecule has 5 rings (SSSR count). The molecule has 5 heterocycles. The first-order chi connectivity index (χ1) is 12.3. The van der Waals surface area contributed by atoms with E-state index in [0.717, 1.165) is 59.4 Å². The van der Waals surface area contributed by atoms with Gasteiger partial charge in [0.1, 0.15) is 17.2 Å². The van der Waals surface area contributed by atoms with Crippen molar-refractivity contribution in [3.63, 3.8) is 0 Å². The van der Waals surface area contributed by atoms with Crippen molar-refractivity contribution in [2.45, 2.75) is 18.9 Å². The van der Waals surface area contributed by atoms with E-state index in [2.05, 4.69) is 20.4 Å². The highest BCUT2D eigenvalue weighted by Crippen LogP contribution is 2.51. The van der Waals surface area contributed by atoms with E-state index in [1.807, 2.05) is 6.20 Å².